The highest BCUT2D eigenvalue weighted by Crippen LogP contribution is 2.11. The van der Waals surface area contributed by atoms with Crippen LogP contribution < -0.4 is 0 Å². The Morgan fingerprint density at radius 2 is 2.00 bits per heavy atom. The summed E-state index contributed by atoms with van der Waals surface area (Å²) in [5.41, 5.74) is 0. The van der Waals surface area contributed by atoms with E-state index in [-0.39, 0.29) is 0 Å². The molecule has 0 aliphatic rings. The fourth-order valence-electron chi connectivity index (χ4n) is 1.24. The molecule has 98 valence electrons. The van der Waals surface area contributed by atoms with Crippen molar-refractivity contribution < 1.29 is 34.0 Å². The van der Waals surface area contributed by atoms with Crippen molar-refractivity contribution in [2.24, 2.45) is 0 Å². The van der Waals surface area contributed by atoms with E-state index in [0.717, 1.165) is 12.7 Å². The lowest BCUT2D eigenvalue weighted by Crippen LogP contribution is -2.20. The van der Waals surface area contributed by atoms with E-state index in [2.05, 4.69) is 9.78 Å². The lowest BCUT2D eigenvalue weighted by atomic mass is 10.1. The molecule has 7 heteroatoms. The summed E-state index contributed by atoms with van der Waals surface area (Å²) in [5, 5.41) is 8.08. The van der Waals surface area contributed by atoms with Crippen molar-refractivity contribution in [1.29, 1.82) is 0 Å². The van der Waals surface area contributed by atoms with Gasteiger partial charge in [-0.25, -0.2) is 9.68 Å². The summed E-state index contributed by atoms with van der Waals surface area (Å²) in [7, 11) is 0. The van der Waals surface area contributed by atoms with Gasteiger partial charge < -0.3 is 14.6 Å². The van der Waals surface area contributed by atoms with Crippen LogP contribution >= 0.6 is 0 Å². The fourth-order valence-corrected chi connectivity index (χ4v) is 1.24. The Kier molecular flexibility index (Phi) is 8.44. The highest BCUT2D eigenvalue weighted by Gasteiger charge is 2.16. The number of hydrogen-bond donors (Lipinski definition) is 1. The summed E-state index contributed by atoms with van der Waals surface area (Å²) in [6.07, 6.45) is 0.381. The molecule has 0 bridgehead atoms. The number of rotatable bonds is 7. The van der Waals surface area contributed by atoms with Crippen molar-refractivity contribution in [2.75, 3.05) is 0 Å². The highest BCUT2D eigenvalue weighted by atomic mass is 17.3. The Bertz CT molecular complexity index is 251. The highest BCUT2D eigenvalue weighted by molar-refractivity contribution is 5.62. The molecule has 0 spiro atoms. The fraction of sp³-hybridized carbons (Fsp3) is 0.700. The van der Waals surface area contributed by atoms with Gasteiger partial charge in [-0.05, 0) is 19.3 Å². The van der Waals surface area contributed by atoms with Crippen LogP contribution in [0.2, 0.25) is 0 Å². The van der Waals surface area contributed by atoms with E-state index in [1.165, 1.54) is 0 Å². The summed E-state index contributed by atoms with van der Waals surface area (Å²) in [5.74, 6) is 0. The van der Waals surface area contributed by atoms with Crippen LogP contribution in [0.1, 0.15) is 39.0 Å². The van der Waals surface area contributed by atoms with Gasteiger partial charge in [-0.15, -0.1) is 0 Å². The largest absolute Gasteiger partial charge is 0.550 e. The van der Waals surface area contributed by atoms with Gasteiger partial charge in [0.2, 0.25) is 0 Å². The van der Waals surface area contributed by atoms with E-state index in [4.69, 9.17) is 9.84 Å². The first-order chi connectivity index (χ1) is 8.10. The molecule has 0 amide bonds. The molecule has 0 aromatic rings. The van der Waals surface area contributed by atoms with Crippen molar-refractivity contribution in [3.63, 3.8) is 0 Å². The number of carbonyl (C=O) groups excluding carboxylic acids is 2. The van der Waals surface area contributed by atoms with Gasteiger partial charge in [-0.1, -0.05) is 13.3 Å². The molecule has 0 saturated heterocycles. The molecule has 0 aromatic carbocycles. The minimum Gasteiger partial charge on any atom is -0.447 e. The Morgan fingerprint density at radius 1 is 1.29 bits per heavy atom. The van der Waals surface area contributed by atoms with Crippen LogP contribution in [0.15, 0.2) is 0 Å². The Labute approximate surface area is 98.6 Å². The SMILES string of the molecule is CCCC(CCCC=O)OC(=O)OOC(=O)O. The van der Waals surface area contributed by atoms with Crippen molar-refractivity contribution in [3.05, 3.63) is 0 Å². The van der Waals surface area contributed by atoms with E-state index < -0.39 is 18.4 Å². The molecular formula is C10H16O7. The average Bonchev–Trinajstić information content (AvgIpc) is 2.27. The topological polar surface area (TPSA) is 99.1 Å². The predicted molar refractivity (Wildman–Crippen MR) is 55.3 cm³/mol. The van der Waals surface area contributed by atoms with Crippen LogP contribution in [0.5, 0.6) is 0 Å². The van der Waals surface area contributed by atoms with Gasteiger partial charge in [0.15, 0.2) is 0 Å². The van der Waals surface area contributed by atoms with E-state index in [9.17, 15) is 14.4 Å². The molecule has 7 nitrogen and oxygen atoms in total. The van der Waals surface area contributed by atoms with Gasteiger partial charge in [-0.3, -0.25) is 0 Å². The normalized spacial score (nSPS) is 11.4. The standard InChI is InChI=1S/C10H16O7/c1-2-5-8(6-3-4-7-11)15-10(14)17-16-9(12)13/h7-8H,2-6H2,1H3,(H,12,13). The average molecular weight is 248 g/mol. The van der Waals surface area contributed by atoms with Crippen LogP contribution in [0.4, 0.5) is 9.59 Å². The van der Waals surface area contributed by atoms with E-state index in [1.54, 1.807) is 0 Å². The summed E-state index contributed by atoms with van der Waals surface area (Å²) in [6.45, 7) is 1.91. The maximum absolute atomic E-state index is 11.0. The number of aldehydes is 1. The minimum atomic E-state index is -1.73. The second kappa shape index (κ2) is 9.44. The zero-order valence-electron chi connectivity index (χ0n) is 9.59. The molecule has 17 heavy (non-hydrogen) atoms. The van der Waals surface area contributed by atoms with Crippen LogP contribution in [-0.4, -0.2) is 29.8 Å². The van der Waals surface area contributed by atoms with Crippen molar-refractivity contribution in [3.8, 4) is 0 Å². The zero-order valence-corrected chi connectivity index (χ0v) is 9.59. The predicted octanol–water partition coefficient (Wildman–Crippen LogP) is 2.29. The molecule has 0 fully saturated rings. The molecule has 1 unspecified atom stereocenters. The second-order valence-electron chi connectivity index (χ2n) is 3.31. The molecule has 0 aliphatic heterocycles. The summed E-state index contributed by atoms with van der Waals surface area (Å²) in [6, 6.07) is 0. The van der Waals surface area contributed by atoms with Gasteiger partial charge >= 0.3 is 12.3 Å². The second-order valence-corrected chi connectivity index (χ2v) is 3.31. The molecule has 0 aromatic heterocycles. The van der Waals surface area contributed by atoms with Crippen molar-refractivity contribution in [2.45, 2.75) is 45.1 Å². The summed E-state index contributed by atoms with van der Waals surface area (Å²) < 4.78 is 4.82. The Morgan fingerprint density at radius 3 is 2.53 bits per heavy atom. The third kappa shape index (κ3) is 9.16. The lowest BCUT2D eigenvalue weighted by molar-refractivity contribution is -0.217. The number of hydrogen-bond acceptors (Lipinski definition) is 6. The summed E-state index contributed by atoms with van der Waals surface area (Å²) in [4.78, 5) is 38.5. The van der Waals surface area contributed by atoms with Crippen LogP contribution in [0, 0.1) is 0 Å². The molecule has 1 atom stereocenters. The monoisotopic (exact) mass is 248 g/mol. The lowest BCUT2D eigenvalue weighted by Gasteiger charge is -2.14. The maximum Gasteiger partial charge on any atom is 0.550 e. The molecule has 0 heterocycles. The maximum atomic E-state index is 11.0. The van der Waals surface area contributed by atoms with Gasteiger partial charge in [0.05, 0.1) is 0 Å². The first-order valence-corrected chi connectivity index (χ1v) is 5.31. The first kappa shape index (κ1) is 15.2. The number of ether oxygens (including phenoxy) is 1. The molecule has 0 saturated carbocycles. The van der Waals surface area contributed by atoms with E-state index in [1.807, 2.05) is 6.92 Å². The third-order valence-corrected chi connectivity index (χ3v) is 1.90. The summed E-state index contributed by atoms with van der Waals surface area (Å²) >= 11 is 0. The molecule has 0 aliphatic carbocycles. The quantitative estimate of drug-likeness (QED) is 0.242. The zero-order chi connectivity index (χ0) is 13.1. The van der Waals surface area contributed by atoms with Crippen molar-refractivity contribution >= 4 is 18.6 Å². The number of carbonyl (C=O) groups is 3. The van der Waals surface area contributed by atoms with Gasteiger partial charge in [0, 0.05) is 6.42 Å². The minimum absolute atomic E-state index is 0.393. The molecule has 0 rings (SSSR count). The van der Waals surface area contributed by atoms with Gasteiger partial charge in [-0.2, -0.15) is 9.68 Å². The third-order valence-electron chi connectivity index (χ3n) is 1.90. The van der Waals surface area contributed by atoms with Crippen LogP contribution in [0.25, 0.3) is 0 Å². The number of unbranched alkanes of at least 4 members (excludes halogenated alkanes) is 1. The molecular weight excluding hydrogens is 232 g/mol. The van der Waals surface area contributed by atoms with Crippen LogP contribution in [0.3, 0.4) is 0 Å². The van der Waals surface area contributed by atoms with Gasteiger partial charge in [0.25, 0.3) is 0 Å². The molecule has 0 radical (unpaired) electrons. The molecule has 1 N–H and O–H groups in total. The number of carboxylic acid groups (broad SMARTS) is 1. The van der Waals surface area contributed by atoms with E-state index >= 15 is 0 Å². The smallest absolute Gasteiger partial charge is 0.447 e. The van der Waals surface area contributed by atoms with Crippen LogP contribution in [-0.2, 0) is 19.3 Å². The van der Waals surface area contributed by atoms with Gasteiger partial charge in [0.1, 0.15) is 12.4 Å². The van der Waals surface area contributed by atoms with E-state index in [0.29, 0.717) is 25.7 Å². The first-order valence-electron chi connectivity index (χ1n) is 5.31. The Hall–Kier alpha value is -1.79. The Balaban J connectivity index is 3.91. The van der Waals surface area contributed by atoms with Crippen molar-refractivity contribution in [1.82, 2.24) is 0 Å².